The molecule has 1 aromatic carbocycles. The van der Waals surface area contributed by atoms with E-state index < -0.39 is 0 Å². The Morgan fingerprint density at radius 1 is 1.33 bits per heavy atom. The van der Waals surface area contributed by atoms with Crippen molar-refractivity contribution < 1.29 is 5.21 Å². The number of hydrogen-bond donors (Lipinski definition) is 2. The SMILES string of the molecule is Cc1ccc(C(S)N(C)O)cc1. The van der Waals surface area contributed by atoms with Gasteiger partial charge in [-0.2, -0.15) is 17.7 Å². The smallest absolute Gasteiger partial charge is 0.102 e. The van der Waals surface area contributed by atoms with Gasteiger partial charge in [0.05, 0.1) is 0 Å². The lowest BCUT2D eigenvalue weighted by molar-refractivity contribution is -0.0760. The number of aryl methyl sites for hydroxylation is 1. The van der Waals surface area contributed by atoms with Gasteiger partial charge in [0.15, 0.2) is 0 Å². The van der Waals surface area contributed by atoms with Crippen molar-refractivity contribution >= 4 is 12.6 Å². The fraction of sp³-hybridized carbons (Fsp3) is 0.333. The molecule has 0 aliphatic heterocycles. The Balaban J connectivity index is 2.82. The van der Waals surface area contributed by atoms with E-state index in [1.807, 2.05) is 31.2 Å². The normalized spacial score (nSPS) is 13.4. The van der Waals surface area contributed by atoms with Crippen molar-refractivity contribution in [1.82, 2.24) is 5.06 Å². The largest absolute Gasteiger partial charge is 0.313 e. The summed E-state index contributed by atoms with van der Waals surface area (Å²) in [6.07, 6.45) is 0. The number of hydrogen-bond acceptors (Lipinski definition) is 3. The fourth-order valence-electron chi connectivity index (χ4n) is 0.954. The highest BCUT2D eigenvalue weighted by molar-refractivity contribution is 7.80. The zero-order valence-electron chi connectivity index (χ0n) is 7.23. The van der Waals surface area contributed by atoms with E-state index in [0.29, 0.717) is 0 Å². The molecule has 1 aromatic rings. The van der Waals surface area contributed by atoms with Gasteiger partial charge in [-0.25, -0.2) is 0 Å². The average Bonchev–Trinajstić information content (AvgIpc) is 2.04. The number of nitrogens with zero attached hydrogens (tertiary/aromatic N) is 1. The van der Waals surface area contributed by atoms with Gasteiger partial charge in [0.2, 0.25) is 0 Å². The van der Waals surface area contributed by atoms with Crippen LogP contribution >= 0.6 is 12.6 Å². The molecule has 0 radical (unpaired) electrons. The molecule has 0 spiro atoms. The molecule has 0 aliphatic carbocycles. The van der Waals surface area contributed by atoms with Crippen molar-refractivity contribution in [1.29, 1.82) is 0 Å². The van der Waals surface area contributed by atoms with Gasteiger partial charge in [-0.1, -0.05) is 29.8 Å². The summed E-state index contributed by atoms with van der Waals surface area (Å²) in [7, 11) is 1.58. The molecule has 0 bridgehead atoms. The molecule has 0 saturated heterocycles. The van der Waals surface area contributed by atoms with E-state index >= 15 is 0 Å². The van der Waals surface area contributed by atoms with Crippen LogP contribution in [0.5, 0.6) is 0 Å². The van der Waals surface area contributed by atoms with Gasteiger partial charge in [0.25, 0.3) is 0 Å². The van der Waals surface area contributed by atoms with E-state index in [0.717, 1.165) is 10.6 Å². The van der Waals surface area contributed by atoms with Crippen LogP contribution in [0.15, 0.2) is 24.3 Å². The molecule has 0 aliphatic rings. The fourth-order valence-corrected chi connectivity index (χ4v) is 1.13. The maximum absolute atomic E-state index is 9.10. The van der Waals surface area contributed by atoms with Gasteiger partial charge in [-0.3, -0.25) is 0 Å². The molecule has 0 heterocycles. The van der Waals surface area contributed by atoms with Crippen LogP contribution in [0.4, 0.5) is 0 Å². The third-order valence-corrected chi connectivity index (χ3v) is 2.36. The van der Waals surface area contributed by atoms with E-state index in [2.05, 4.69) is 12.6 Å². The minimum atomic E-state index is -0.245. The van der Waals surface area contributed by atoms with E-state index in [4.69, 9.17) is 5.21 Å². The van der Waals surface area contributed by atoms with Crippen LogP contribution in [0.3, 0.4) is 0 Å². The molecule has 0 amide bonds. The topological polar surface area (TPSA) is 23.5 Å². The summed E-state index contributed by atoms with van der Waals surface area (Å²) in [5, 5.41) is 9.93. The quantitative estimate of drug-likeness (QED) is 0.417. The van der Waals surface area contributed by atoms with Gasteiger partial charge >= 0.3 is 0 Å². The Morgan fingerprint density at radius 2 is 1.83 bits per heavy atom. The maximum Gasteiger partial charge on any atom is 0.102 e. The van der Waals surface area contributed by atoms with Crippen LogP contribution < -0.4 is 0 Å². The second-order valence-corrected chi connectivity index (χ2v) is 3.35. The van der Waals surface area contributed by atoms with Crippen LogP contribution in [0.25, 0.3) is 0 Å². The number of thiol groups is 1. The van der Waals surface area contributed by atoms with Crippen LogP contribution in [0.1, 0.15) is 16.5 Å². The molecule has 1 atom stereocenters. The minimum Gasteiger partial charge on any atom is -0.313 e. The lowest BCUT2D eigenvalue weighted by Crippen LogP contribution is -2.15. The Kier molecular flexibility index (Phi) is 3.14. The summed E-state index contributed by atoms with van der Waals surface area (Å²) >= 11 is 4.22. The molecule has 3 heteroatoms. The first-order valence-electron chi connectivity index (χ1n) is 3.77. The van der Waals surface area contributed by atoms with Crippen molar-refractivity contribution in [3.05, 3.63) is 35.4 Å². The summed E-state index contributed by atoms with van der Waals surface area (Å²) in [6.45, 7) is 2.03. The molecule has 0 aromatic heterocycles. The third kappa shape index (κ3) is 2.24. The van der Waals surface area contributed by atoms with Crippen molar-refractivity contribution in [3.8, 4) is 0 Å². The standard InChI is InChI=1S/C9H13NOS/c1-7-3-5-8(6-4-7)9(12)10(2)11/h3-6,9,11-12H,1-2H3. The van der Waals surface area contributed by atoms with Crippen LogP contribution in [-0.2, 0) is 0 Å². The zero-order chi connectivity index (χ0) is 9.14. The summed E-state index contributed by atoms with van der Waals surface area (Å²) in [5.41, 5.74) is 2.20. The van der Waals surface area contributed by atoms with Crippen LogP contribution in [0, 0.1) is 6.92 Å². The van der Waals surface area contributed by atoms with Gasteiger partial charge in [-0.15, -0.1) is 0 Å². The third-order valence-electron chi connectivity index (χ3n) is 1.73. The zero-order valence-corrected chi connectivity index (χ0v) is 8.12. The highest BCUT2D eigenvalue weighted by Crippen LogP contribution is 2.21. The Labute approximate surface area is 78.2 Å². The monoisotopic (exact) mass is 183 g/mol. The van der Waals surface area contributed by atoms with E-state index in [1.165, 1.54) is 5.56 Å². The molecule has 2 nitrogen and oxygen atoms in total. The second-order valence-electron chi connectivity index (χ2n) is 2.86. The van der Waals surface area contributed by atoms with Crippen molar-refractivity contribution in [3.63, 3.8) is 0 Å². The van der Waals surface area contributed by atoms with E-state index in [9.17, 15) is 0 Å². The lowest BCUT2D eigenvalue weighted by Gasteiger charge is -2.17. The van der Waals surface area contributed by atoms with Gasteiger partial charge in [-0.05, 0) is 12.5 Å². The molecule has 1 unspecified atom stereocenters. The van der Waals surface area contributed by atoms with Crippen molar-refractivity contribution in [2.45, 2.75) is 12.3 Å². The predicted octanol–water partition coefficient (Wildman–Crippen LogP) is 2.24. The predicted molar refractivity (Wildman–Crippen MR) is 52.5 cm³/mol. The van der Waals surface area contributed by atoms with Crippen molar-refractivity contribution in [2.24, 2.45) is 0 Å². The maximum atomic E-state index is 9.10. The molecule has 12 heavy (non-hydrogen) atoms. The molecule has 66 valence electrons. The van der Waals surface area contributed by atoms with Crippen molar-refractivity contribution in [2.75, 3.05) is 7.05 Å². The van der Waals surface area contributed by atoms with E-state index in [1.54, 1.807) is 7.05 Å². The Bertz CT molecular complexity index is 245. The average molecular weight is 183 g/mol. The molecule has 1 rings (SSSR count). The highest BCUT2D eigenvalue weighted by atomic mass is 32.1. The first-order chi connectivity index (χ1) is 5.61. The Hall–Kier alpha value is -0.510. The van der Waals surface area contributed by atoms with Gasteiger partial charge < -0.3 is 5.21 Å². The number of rotatable bonds is 2. The van der Waals surface area contributed by atoms with Crippen LogP contribution in [0.2, 0.25) is 0 Å². The molecular formula is C9H13NOS. The van der Waals surface area contributed by atoms with Gasteiger partial charge in [0.1, 0.15) is 5.37 Å². The summed E-state index contributed by atoms with van der Waals surface area (Å²) in [4.78, 5) is 0. The number of hydroxylamine groups is 2. The Morgan fingerprint density at radius 3 is 2.25 bits per heavy atom. The lowest BCUT2D eigenvalue weighted by atomic mass is 10.1. The van der Waals surface area contributed by atoms with Crippen LogP contribution in [-0.4, -0.2) is 17.3 Å². The number of benzene rings is 1. The minimum absolute atomic E-state index is 0.245. The first kappa shape index (κ1) is 9.58. The second kappa shape index (κ2) is 3.94. The molecular weight excluding hydrogens is 170 g/mol. The van der Waals surface area contributed by atoms with E-state index in [-0.39, 0.29) is 5.37 Å². The summed E-state index contributed by atoms with van der Waals surface area (Å²) in [5.74, 6) is 0. The summed E-state index contributed by atoms with van der Waals surface area (Å²) in [6, 6.07) is 7.92. The first-order valence-corrected chi connectivity index (χ1v) is 4.29. The molecule has 1 N–H and O–H groups in total. The van der Waals surface area contributed by atoms with Gasteiger partial charge in [0, 0.05) is 7.05 Å². The molecule has 0 fully saturated rings. The summed E-state index contributed by atoms with van der Waals surface area (Å²) < 4.78 is 0. The molecule has 0 saturated carbocycles. The highest BCUT2D eigenvalue weighted by Gasteiger charge is 2.08.